The van der Waals surface area contributed by atoms with Gasteiger partial charge in [-0.25, -0.2) is 0 Å². The van der Waals surface area contributed by atoms with E-state index >= 15 is 0 Å². The molecule has 0 fully saturated rings. The number of nitrogens with zero attached hydrogens (tertiary/aromatic N) is 1. The van der Waals surface area contributed by atoms with Crippen LogP contribution in [-0.2, 0) is 9.59 Å². The second-order valence-corrected chi connectivity index (χ2v) is 5.27. The van der Waals surface area contributed by atoms with Crippen LogP contribution in [0.25, 0.3) is 0 Å². The molecule has 0 saturated heterocycles. The van der Waals surface area contributed by atoms with Crippen LogP contribution in [-0.4, -0.2) is 43.7 Å². The van der Waals surface area contributed by atoms with E-state index in [0.29, 0.717) is 12.1 Å². The van der Waals surface area contributed by atoms with Crippen molar-refractivity contribution in [1.82, 2.24) is 10.6 Å². The van der Waals surface area contributed by atoms with Crippen LogP contribution in [0.2, 0.25) is 0 Å². The molecule has 116 valence electrons. The Kier molecular flexibility index (Phi) is 6.17. The Balaban J connectivity index is 2.73. The van der Waals surface area contributed by atoms with Gasteiger partial charge in [-0.2, -0.15) is 0 Å². The Hall–Kier alpha value is -2.08. The highest BCUT2D eigenvalue weighted by molar-refractivity contribution is 5.76. The van der Waals surface area contributed by atoms with Gasteiger partial charge in [-0.15, -0.1) is 0 Å². The summed E-state index contributed by atoms with van der Waals surface area (Å²) < 4.78 is 0. The first-order chi connectivity index (χ1) is 9.81. The van der Waals surface area contributed by atoms with E-state index in [1.807, 2.05) is 38.1 Å². The molecule has 21 heavy (non-hydrogen) atoms. The first kappa shape index (κ1) is 17.0. The van der Waals surface area contributed by atoms with E-state index in [1.165, 1.54) is 6.92 Å². The number of hydrogen-bond donors (Lipinski definition) is 3. The molecule has 0 spiro atoms. The van der Waals surface area contributed by atoms with Crippen molar-refractivity contribution in [2.75, 3.05) is 25.5 Å². The SMILES string of the molecule is CC(=O)NC(C)CNC(C(=O)O)c1ccc(N(C)C)cc1. The van der Waals surface area contributed by atoms with Gasteiger partial charge in [-0.1, -0.05) is 12.1 Å². The number of benzene rings is 1. The van der Waals surface area contributed by atoms with E-state index in [4.69, 9.17) is 0 Å². The molecule has 0 aromatic heterocycles. The standard InChI is InChI=1S/C15H23N3O3/c1-10(17-11(2)19)9-16-14(15(20)21)12-5-7-13(8-6-12)18(3)4/h5-8,10,14,16H,9H2,1-4H3,(H,17,19)(H,20,21). The Morgan fingerprint density at radius 1 is 1.24 bits per heavy atom. The summed E-state index contributed by atoms with van der Waals surface area (Å²) in [7, 11) is 3.86. The van der Waals surface area contributed by atoms with E-state index in [1.54, 1.807) is 12.1 Å². The maximum atomic E-state index is 11.4. The predicted molar refractivity (Wildman–Crippen MR) is 82.4 cm³/mol. The van der Waals surface area contributed by atoms with Crippen LogP contribution in [0.4, 0.5) is 5.69 Å². The summed E-state index contributed by atoms with van der Waals surface area (Å²) in [5.74, 6) is -1.07. The average Bonchev–Trinajstić information content (AvgIpc) is 2.38. The third-order valence-corrected chi connectivity index (χ3v) is 3.07. The van der Waals surface area contributed by atoms with E-state index < -0.39 is 12.0 Å². The van der Waals surface area contributed by atoms with Gasteiger partial charge >= 0.3 is 5.97 Å². The number of carboxylic acids is 1. The first-order valence-electron chi connectivity index (χ1n) is 6.82. The second kappa shape index (κ2) is 7.64. The molecule has 6 heteroatoms. The van der Waals surface area contributed by atoms with Gasteiger partial charge in [-0.3, -0.25) is 14.9 Å². The van der Waals surface area contributed by atoms with Gasteiger partial charge in [-0.05, 0) is 24.6 Å². The first-order valence-corrected chi connectivity index (χ1v) is 6.82. The Morgan fingerprint density at radius 2 is 1.81 bits per heavy atom. The topological polar surface area (TPSA) is 81.7 Å². The van der Waals surface area contributed by atoms with Gasteiger partial charge in [0.25, 0.3) is 0 Å². The minimum absolute atomic E-state index is 0.133. The van der Waals surface area contributed by atoms with E-state index in [9.17, 15) is 14.7 Å². The summed E-state index contributed by atoms with van der Waals surface area (Å²) in [4.78, 5) is 24.3. The molecule has 0 saturated carbocycles. The second-order valence-electron chi connectivity index (χ2n) is 5.27. The molecule has 0 aliphatic carbocycles. The molecule has 0 bridgehead atoms. The number of nitrogens with one attached hydrogen (secondary N) is 2. The zero-order valence-electron chi connectivity index (χ0n) is 12.9. The molecule has 1 amide bonds. The normalized spacial score (nSPS) is 13.3. The third kappa shape index (κ3) is 5.43. The molecule has 1 aromatic rings. The monoisotopic (exact) mass is 293 g/mol. The zero-order valence-corrected chi connectivity index (χ0v) is 12.9. The van der Waals surface area contributed by atoms with Gasteiger partial charge in [0.2, 0.25) is 5.91 Å². The Labute approximate surface area is 125 Å². The van der Waals surface area contributed by atoms with Gasteiger partial charge in [0.15, 0.2) is 0 Å². The molecule has 2 unspecified atom stereocenters. The molecular weight excluding hydrogens is 270 g/mol. The average molecular weight is 293 g/mol. The number of carbonyl (C=O) groups is 2. The molecule has 3 N–H and O–H groups in total. The van der Waals surface area contributed by atoms with Crippen molar-refractivity contribution in [1.29, 1.82) is 0 Å². The van der Waals surface area contributed by atoms with Crippen molar-refractivity contribution in [3.8, 4) is 0 Å². The summed E-state index contributed by atoms with van der Waals surface area (Å²) in [5, 5.41) is 15.0. The highest BCUT2D eigenvalue weighted by Gasteiger charge is 2.20. The van der Waals surface area contributed by atoms with Crippen molar-refractivity contribution >= 4 is 17.6 Å². The highest BCUT2D eigenvalue weighted by Crippen LogP contribution is 2.18. The summed E-state index contributed by atoms with van der Waals surface area (Å²) >= 11 is 0. The quantitative estimate of drug-likeness (QED) is 0.698. The molecule has 1 rings (SSSR count). The highest BCUT2D eigenvalue weighted by atomic mass is 16.4. The summed E-state index contributed by atoms with van der Waals surface area (Å²) in [6.07, 6.45) is 0. The van der Waals surface area contributed by atoms with E-state index in [0.717, 1.165) is 5.69 Å². The third-order valence-electron chi connectivity index (χ3n) is 3.07. The van der Waals surface area contributed by atoms with Crippen LogP contribution in [0, 0.1) is 0 Å². The van der Waals surface area contributed by atoms with Crippen LogP contribution >= 0.6 is 0 Å². The van der Waals surface area contributed by atoms with Gasteiger partial charge in [0, 0.05) is 39.3 Å². The zero-order chi connectivity index (χ0) is 16.0. The Morgan fingerprint density at radius 3 is 2.24 bits per heavy atom. The Bertz CT molecular complexity index is 485. The summed E-state index contributed by atoms with van der Waals surface area (Å²) in [6, 6.07) is 6.42. The summed E-state index contributed by atoms with van der Waals surface area (Å²) in [6.45, 7) is 3.64. The number of carboxylic acid groups (broad SMARTS) is 1. The van der Waals surface area contributed by atoms with Crippen LogP contribution in [0.15, 0.2) is 24.3 Å². The molecule has 2 atom stereocenters. The lowest BCUT2D eigenvalue weighted by atomic mass is 10.1. The minimum Gasteiger partial charge on any atom is -0.480 e. The fourth-order valence-electron chi connectivity index (χ4n) is 2.01. The number of anilines is 1. The van der Waals surface area contributed by atoms with Crippen LogP contribution in [0.3, 0.4) is 0 Å². The largest absolute Gasteiger partial charge is 0.480 e. The number of hydrogen-bond acceptors (Lipinski definition) is 4. The van der Waals surface area contributed by atoms with Crippen LogP contribution in [0.1, 0.15) is 25.5 Å². The van der Waals surface area contributed by atoms with Crippen LogP contribution < -0.4 is 15.5 Å². The molecule has 0 aliphatic rings. The lowest BCUT2D eigenvalue weighted by molar-refractivity contribution is -0.139. The number of aliphatic carboxylic acids is 1. The number of carbonyl (C=O) groups excluding carboxylic acids is 1. The minimum atomic E-state index is -0.942. The van der Waals surface area contributed by atoms with Crippen molar-refractivity contribution in [2.24, 2.45) is 0 Å². The van der Waals surface area contributed by atoms with Gasteiger partial charge in [0.1, 0.15) is 6.04 Å². The number of amides is 1. The number of rotatable bonds is 7. The van der Waals surface area contributed by atoms with Gasteiger partial charge in [0.05, 0.1) is 0 Å². The molecule has 6 nitrogen and oxygen atoms in total. The predicted octanol–water partition coefficient (Wildman–Crippen LogP) is 0.993. The van der Waals surface area contributed by atoms with E-state index in [-0.39, 0.29) is 11.9 Å². The fraction of sp³-hybridized carbons (Fsp3) is 0.467. The maximum absolute atomic E-state index is 11.4. The molecule has 0 radical (unpaired) electrons. The smallest absolute Gasteiger partial charge is 0.325 e. The maximum Gasteiger partial charge on any atom is 0.325 e. The van der Waals surface area contributed by atoms with Crippen molar-refractivity contribution < 1.29 is 14.7 Å². The van der Waals surface area contributed by atoms with E-state index in [2.05, 4.69) is 10.6 Å². The molecule has 1 aromatic carbocycles. The molecular formula is C15H23N3O3. The van der Waals surface area contributed by atoms with Crippen molar-refractivity contribution in [3.05, 3.63) is 29.8 Å². The molecule has 0 aliphatic heterocycles. The summed E-state index contributed by atoms with van der Waals surface area (Å²) in [5.41, 5.74) is 1.69. The lowest BCUT2D eigenvalue weighted by Crippen LogP contribution is -2.41. The molecule has 0 heterocycles. The van der Waals surface area contributed by atoms with Crippen molar-refractivity contribution in [2.45, 2.75) is 25.9 Å². The fourth-order valence-corrected chi connectivity index (χ4v) is 2.01. The van der Waals surface area contributed by atoms with Gasteiger partial charge < -0.3 is 15.3 Å². The lowest BCUT2D eigenvalue weighted by Gasteiger charge is -2.20. The van der Waals surface area contributed by atoms with Crippen molar-refractivity contribution in [3.63, 3.8) is 0 Å². The van der Waals surface area contributed by atoms with Crippen LogP contribution in [0.5, 0.6) is 0 Å².